The van der Waals surface area contributed by atoms with Gasteiger partial charge in [0.1, 0.15) is 5.75 Å². The molecule has 0 heterocycles. The van der Waals surface area contributed by atoms with E-state index < -0.39 is 0 Å². The summed E-state index contributed by atoms with van der Waals surface area (Å²) in [6.45, 7) is 0.888. The van der Waals surface area contributed by atoms with Gasteiger partial charge in [0.2, 0.25) is 5.91 Å². The second-order valence-electron chi connectivity index (χ2n) is 3.27. The van der Waals surface area contributed by atoms with Crippen molar-refractivity contribution < 1.29 is 9.90 Å². The van der Waals surface area contributed by atoms with Crippen LogP contribution in [0, 0.1) is 0 Å². The van der Waals surface area contributed by atoms with E-state index in [1.165, 1.54) is 0 Å². The molecule has 1 rings (SSSR count). The average molecular weight is 208 g/mol. The topological polar surface area (TPSA) is 75.4 Å². The van der Waals surface area contributed by atoms with E-state index in [1.807, 2.05) is 12.1 Å². The first-order chi connectivity index (χ1) is 7.24. The lowest BCUT2D eigenvalue weighted by Crippen LogP contribution is -2.27. The molecule has 82 valence electrons. The summed E-state index contributed by atoms with van der Waals surface area (Å²) in [5, 5.41) is 12.2. The Bertz CT molecular complexity index is 326. The van der Waals surface area contributed by atoms with Crippen LogP contribution in [0.25, 0.3) is 0 Å². The Morgan fingerprint density at radius 1 is 1.40 bits per heavy atom. The summed E-state index contributed by atoms with van der Waals surface area (Å²) in [5.41, 5.74) is 6.07. The van der Waals surface area contributed by atoms with Crippen molar-refractivity contribution in [2.75, 3.05) is 13.1 Å². The van der Waals surface area contributed by atoms with Crippen LogP contribution in [-0.4, -0.2) is 24.1 Å². The van der Waals surface area contributed by atoms with Gasteiger partial charge in [-0.05, 0) is 18.1 Å². The molecule has 0 aliphatic carbocycles. The zero-order valence-corrected chi connectivity index (χ0v) is 8.57. The first kappa shape index (κ1) is 11.5. The highest BCUT2D eigenvalue weighted by Crippen LogP contribution is 2.15. The predicted octanol–water partition coefficient (Wildman–Crippen LogP) is 0.400. The minimum atomic E-state index is -0.0482. The number of nitrogens with one attached hydrogen (secondary N) is 1. The molecule has 0 aliphatic rings. The van der Waals surface area contributed by atoms with Gasteiger partial charge in [-0.2, -0.15) is 0 Å². The molecule has 0 unspecified atom stereocenters. The number of hydrogen-bond acceptors (Lipinski definition) is 3. The smallest absolute Gasteiger partial charge is 0.221 e. The summed E-state index contributed by atoms with van der Waals surface area (Å²) in [5.74, 6) is 0.221. The van der Waals surface area contributed by atoms with Crippen LogP contribution in [0.3, 0.4) is 0 Å². The molecule has 4 N–H and O–H groups in total. The van der Waals surface area contributed by atoms with Gasteiger partial charge in [0, 0.05) is 19.5 Å². The third-order valence-corrected chi connectivity index (χ3v) is 2.08. The number of aromatic hydroxyl groups is 1. The molecule has 0 aliphatic heterocycles. The van der Waals surface area contributed by atoms with Crippen molar-refractivity contribution in [2.24, 2.45) is 5.73 Å². The van der Waals surface area contributed by atoms with Gasteiger partial charge in [-0.15, -0.1) is 0 Å². The maximum Gasteiger partial charge on any atom is 0.221 e. The van der Waals surface area contributed by atoms with Crippen LogP contribution >= 0.6 is 0 Å². The Balaban J connectivity index is 2.32. The lowest BCUT2D eigenvalue weighted by molar-refractivity contribution is -0.120. The Labute approximate surface area is 89.1 Å². The Hall–Kier alpha value is -1.55. The highest BCUT2D eigenvalue weighted by Gasteiger charge is 2.01. The average Bonchev–Trinajstić information content (AvgIpc) is 2.21. The van der Waals surface area contributed by atoms with Crippen LogP contribution < -0.4 is 11.1 Å². The molecule has 0 bridgehead atoms. The fourth-order valence-electron chi connectivity index (χ4n) is 1.28. The molecular formula is C11H16N2O2. The van der Waals surface area contributed by atoms with Crippen LogP contribution in [-0.2, 0) is 11.2 Å². The number of rotatable bonds is 5. The predicted molar refractivity (Wildman–Crippen MR) is 58.5 cm³/mol. The summed E-state index contributed by atoms with van der Waals surface area (Å²) in [7, 11) is 0. The molecule has 0 atom stereocenters. The van der Waals surface area contributed by atoms with Gasteiger partial charge < -0.3 is 16.2 Å². The molecule has 0 saturated heterocycles. The Kier molecular flexibility index (Phi) is 4.63. The van der Waals surface area contributed by atoms with E-state index in [9.17, 15) is 9.90 Å². The minimum Gasteiger partial charge on any atom is -0.508 e. The molecule has 1 aromatic rings. The number of phenols is 1. The van der Waals surface area contributed by atoms with E-state index in [0.717, 1.165) is 5.56 Å². The van der Waals surface area contributed by atoms with E-state index in [4.69, 9.17) is 5.73 Å². The highest BCUT2D eigenvalue weighted by atomic mass is 16.3. The largest absolute Gasteiger partial charge is 0.508 e. The summed E-state index contributed by atoms with van der Waals surface area (Å²) >= 11 is 0. The van der Waals surface area contributed by atoms with E-state index in [2.05, 4.69) is 5.32 Å². The summed E-state index contributed by atoms with van der Waals surface area (Å²) < 4.78 is 0. The molecule has 0 aromatic heterocycles. The van der Waals surface area contributed by atoms with Gasteiger partial charge in [-0.1, -0.05) is 18.2 Å². The van der Waals surface area contributed by atoms with Crippen LogP contribution in [0.1, 0.15) is 12.0 Å². The van der Waals surface area contributed by atoms with Crippen LogP contribution in [0.4, 0.5) is 0 Å². The SMILES string of the molecule is NCCC(=O)NCCc1ccccc1O. The first-order valence-corrected chi connectivity index (χ1v) is 4.97. The van der Waals surface area contributed by atoms with Gasteiger partial charge in [0.05, 0.1) is 0 Å². The third kappa shape index (κ3) is 3.99. The summed E-state index contributed by atoms with van der Waals surface area (Å²) in [4.78, 5) is 11.1. The van der Waals surface area contributed by atoms with Crippen molar-refractivity contribution >= 4 is 5.91 Å². The molecule has 0 spiro atoms. The van der Waals surface area contributed by atoms with Gasteiger partial charge in [0.25, 0.3) is 0 Å². The maximum absolute atomic E-state index is 11.1. The fraction of sp³-hybridized carbons (Fsp3) is 0.364. The Morgan fingerprint density at radius 2 is 2.13 bits per heavy atom. The van der Waals surface area contributed by atoms with Crippen LogP contribution in [0.5, 0.6) is 5.75 Å². The monoisotopic (exact) mass is 208 g/mol. The molecule has 1 aromatic carbocycles. The van der Waals surface area contributed by atoms with E-state index in [0.29, 0.717) is 25.9 Å². The quantitative estimate of drug-likeness (QED) is 0.655. The highest BCUT2D eigenvalue weighted by molar-refractivity contribution is 5.76. The van der Waals surface area contributed by atoms with Crippen molar-refractivity contribution in [1.29, 1.82) is 0 Å². The molecule has 0 fully saturated rings. The molecule has 0 saturated carbocycles. The maximum atomic E-state index is 11.1. The zero-order valence-electron chi connectivity index (χ0n) is 8.57. The molecule has 15 heavy (non-hydrogen) atoms. The first-order valence-electron chi connectivity index (χ1n) is 4.97. The number of hydrogen-bond donors (Lipinski definition) is 3. The van der Waals surface area contributed by atoms with E-state index >= 15 is 0 Å². The molecule has 4 heteroatoms. The lowest BCUT2D eigenvalue weighted by atomic mass is 10.1. The van der Waals surface area contributed by atoms with Crippen molar-refractivity contribution in [3.63, 3.8) is 0 Å². The summed E-state index contributed by atoms with van der Waals surface area (Å²) in [6.07, 6.45) is 0.976. The number of para-hydroxylation sites is 1. The summed E-state index contributed by atoms with van der Waals surface area (Å²) in [6, 6.07) is 7.10. The lowest BCUT2D eigenvalue weighted by Gasteiger charge is -2.05. The van der Waals surface area contributed by atoms with Crippen molar-refractivity contribution in [3.05, 3.63) is 29.8 Å². The minimum absolute atomic E-state index is 0.0482. The second-order valence-corrected chi connectivity index (χ2v) is 3.27. The van der Waals surface area contributed by atoms with Gasteiger partial charge in [0.15, 0.2) is 0 Å². The third-order valence-electron chi connectivity index (χ3n) is 2.08. The normalized spacial score (nSPS) is 9.93. The number of nitrogens with two attached hydrogens (primary N) is 1. The van der Waals surface area contributed by atoms with Crippen LogP contribution in [0.15, 0.2) is 24.3 Å². The standard InChI is InChI=1S/C11H16N2O2/c12-7-5-11(15)13-8-6-9-3-1-2-4-10(9)14/h1-4,14H,5-8,12H2,(H,13,15). The fourth-order valence-corrected chi connectivity index (χ4v) is 1.28. The molecule has 0 radical (unpaired) electrons. The molecule has 4 nitrogen and oxygen atoms in total. The van der Waals surface area contributed by atoms with E-state index in [1.54, 1.807) is 12.1 Å². The van der Waals surface area contributed by atoms with Crippen molar-refractivity contribution in [3.8, 4) is 5.75 Å². The van der Waals surface area contributed by atoms with Gasteiger partial charge in [-0.25, -0.2) is 0 Å². The molecule has 1 amide bonds. The van der Waals surface area contributed by atoms with Gasteiger partial charge >= 0.3 is 0 Å². The number of benzene rings is 1. The van der Waals surface area contributed by atoms with Crippen molar-refractivity contribution in [2.45, 2.75) is 12.8 Å². The van der Waals surface area contributed by atoms with Crippen LogP contribution in [0.2, 0.25) is 0 Å². The zero-order chi connectivity index (χ0) is 11.1. The number of carbonyl (C=O) groups excluding carboxylic acids is 1. The van der Waals surface area contributed by atoms with Crippen molar-refractivity contribution in [1.82, 2.24) is 5.32 Å². The number of amides is 1. The van der Waals surface area contributed by atoms with Gasteiger partial charge in [-0.3, -0.25) is 4.79 Å². The molecular weight excluding hydrogens is 192 g/mol. The number of phenolic OH excluding ortho intramolecular Hbond substituents is 1. The Morgan fingerprint density at radius 3 is 2.80 bits per heavy atom. The second kappa shape index (κ2) is 6.03. The van der Waals surface area contributed by atoms with E-state index in [-0.39, 0.29) is 11.7 Å². The number of carbonyl (C=O) groups is 1.